The van der Waals surface area contributed by atoms with Crippen LogP contribution in [0.2, 0.25) is 15.1 Å². The summed E-state index contributed by atoms with van der Waals surface area (Å²) < 4.78 is 0. The van der Waals surface area contributed by atoms with Crippen molar-refractivity contribution in [3.63, 3.8) is 0 Å². The van der Waals surface area contributed by atoms with Crippen LogP contribution in [0.1, 0.15) is 0 Å². The van der Waals surface area contributed by atoms with E-state index in [0.717, 1.165) is 6.07 Å². The molecular weight excluding hydrogens is 288 g/mol. The molecule has 7 heteroatoms. The van der Waals surface area contributed by atoms with E-state index < -0.39 is 16.7 Å². The monoisotopic (exact) mass is 291 g/mol. The van der Waals surface area contributed by atoms with E-state index in [0.29, 0.717) is 0 Å². The Labute approximate surface area is 109 Å². The van der Waals surface area contributed by atoms with Gasteiger partial charge < -0.3 is 10.1 Å². The minimum Gasteiger partial charge on any atom is -0.504 e. The summed E-state index contributed by atoms with van der Waals surface area (Å²) in [5, 5.41) is 9.27. The minimum absolute atomic E-state index is 0.00983. The normalized spacial score (nSPS) is 10.8. The summed E-state index contributed by atoms with van der Waals surface area (Å²) in [5.74, 6) is -0.707. The van der Waals surface area contributed by atoms with E-state index in [4.69, 9.17) is 34.8 Å². The summed E-state index contributed by atoms with van der Waals surface area (Å²) in [6.07, 6.45) is 0. The second kappa shape index (κ2) is 4.22. The van der Waals surface area contributed by atoms with Gasteiger partial charge in [0, 0.05) is 6.07 Å². The first-order chi connectivity index (χ1) is 7.91. The molecule has 0 radical (unpaired) electrons. The highest BCUT2D eigenvalue weighted by Crippen LogP contribution is 2.34. The summed E-state index contributed by atoms with van der Waals surface area (Å²) in [6, 6.07) is 2.06. The first kappa shape index (κ1) is 12.2. The zero-order chi connectivity index (χ0) is 12.7. The number of rotatable bonds is 0. The third kappa shape index (κ3) is 1.99. The Morgan fingerprint density at radius 2 is 1.71 bits per heavy atom. The first-order valence-corrected chi connectivity index (χ1v) is 5.49. The molecule has 4 nitrogen and oxygen atoms in total. The Kier molecular flexibility index (Phi) is 3.03. The van der Waals surface area contributed by atoms with Crippen LogP contribution >= 0.6 is 34.8 Å². The predicted molar refractivity (Wildman–Crippen MR) is 67.5 cm³/mol. The Hall–Kier alpha value is -1.23. The molecule has 17 heavy (non-hydrogen) atoms. The van der Waals surface area contributed by atoms with Gasteiger partial charge >= 0.3 is 0 Å². The molecule has 2 aromatic rings. The molecule has 2 N–H and O–H groups in total. The smallest absolute Gasteiger partial charge is 0.252 e. The molecule has 0 unspecified atom stereocenters. The average Bonchev–Trinajstić information content (AvgIpc) is 2.34. The second-order valence-corrected chi connectivity index (χ2v) is 4.42. The SMILES string of the molecule is O=c1cc(O)c(=O)c2c(Cl)c(Cl)c(Cl)cc2[nH]1. The maximum Gasteiger partial charge on any atom is 0.252 e. The second-order valence-electron chi connectivity index (χ2n) is 3.26. The van der Waals surface area contributed by atoms with Crippen LogP contribution in [0.3, 0.4) is 0 Å². The highest BCUT2D eigenvalue weighted by molar-refractivity contribution is 6.50. The van der Waals surface area contributed by atoms with Crippen molar-refractivity contribution in [1.82, 2.24) is 4.98 Å². The van der Waals surface area contributed by atoms with E-state index in [-0.39, 0.29) is 26.0 Å². The number of halogens is 3. The maximum absolute atomic E-state index is 11.8. The molecule has 2 rings (SSSR count). The molecule has 0 aliphatic heterocycles. The molecule has 0 aliphatic carbocycles. The molecule has 0 amide bonds. The van der Waals surface area contributed by atoms with Crippen LogP contribution in [0.15, 0.2) is 21.7 Å². The Bertz CT molecular complexity index is 739. The van der Waals surface area contributed by atoms with Crippen molar-refractivity contribution >= 4 is 45.7 Å². The number of aromatic amines is 1. The fourth-order valence-electron chi connectivity index (χ4n) is 1.40. The van der Waals surface area contributed by atoms with Crippen molar-refractivity contribution < 1.29 is 5.11 Å². The summed E-state index contributed by atoms with van der Waals surface area (Å²) in [4.78, 5) is 25.4. The number of H-pyrrole nitrogens is 1. The molecule has 88 valence electrons. The number of hydrogen-bond acceptors (Lipinski definition) is 3. The molecule has 0 fully saturated rings. The van der Waals surface area contributed by atoms with Gasteiger partial charge in [0.15, 0.2) is 5.75 Å². The Balaban J connectivity index is 3.22. The van der Waals surface area contributed by atoms with Crippen LogP contribution in [0, 0.1) is 0 Å². The molecule has 0 saturated heterocycles. The number of aromatic nitrogens is 1. The van der Waals surface area contributed by atoms with Crippen LogP contribution < -0.4 is 11.0 Å². The lowest BCUT2D eigenvalue weighted by Crippen LogP contribution is -1.98. The van der Waals surface area contributed by atoms with E-state index in [2.05, 4.69) is 4.98 Å². The molecule has 0 aliphatic rings. The molecule has 1 heterocycles. The average molecular weight is 293 g/mol. The highest BCUT2D eigenvalue weighted by atomic mass is 35.5. The van der Waals surface area contributed by atoms with Crippen molar-refractivity contribution in [2.75, 3.05) is 0 Å². The standard InChI is InChI=1S/C10H4Cl3NO3/c11-3-1-4-7(9(13)8(3)12)10(17)5(15)2-6(16)14-4/h1-2H,(H,14,16)(H,15,17). The number of benzene rings is 1. The lowest BCUT2D eigenvalue weighted by atomic mass is 10.2. The third-order valence-corrected chi connectivity index (χ3v) is 3.41. The molecular formula is C10H4Cl3NO3. The molecule has 1 aromatic heterocycles. The Morgan fingerprint density at radius 1 is 1.06 bits per heavy atom. The fourth-order valence-corrected chi connectivity index (χ4v) is 2.09. The van der Waals surface area contributed by atoms with Gasteiger partial charge in [-0.25, -0.2) is 0 Å². The van der Waals surface area contributed by atoms with E-state index in [9.17, 15) is 14.7 Å². The van der Waals surface area contributed by atoms with Crippen molar-refractivity contribution in [3.8, 4) is 5.75 Å². The van der Waals surface area contributed by atoms with Gasteiger partial charge in [0.25, 0.3) is 5.56 Å². The number of hydrogen-bond donors (Lipinski definition) is 2. The van der Waals surface area contributed by atoms with E-state index >= 15 is 0 Å². The molecule has 1 aromatic carbocycles. The van der Waals surface area contributed by atoms with Gasteiger partial charge in [0.2, 0.25) is 5.43 Å². The Morgan fingerprint density at radius 3 is 2.35 bits per heavy atom. The first-order valence-electron chi connectivity index (χ1n) is 4.35. The van der Waals surface area contributed by atoms with Gasteiger partial charge in [-0.05, 0) is 6.07 Å². The summed E-state index contributed by atoms with van der Waals surface area (Å²) in [7, 11) is 0. The van der Waals surface area contributed by atoms with Crippen molar-refractivity contribution in [2.45, 2.75) is 0 Å². The number of aromatic hydroxyl groups is 1. The largest absolute Gasteiger partial charge is 0.504 e. The topological polar surface area (TPSA) is 70.2 Å². The summed E-state index contributed by atoms with van der Waals surface area (Å²) in [5.41, 5.74) is -1.33. The fraction of sp³-hybridized carbons (Fsp3) is 0. The minimum atomic E-state index is -0.790. The molecule has 0 bridgehead atoms. The van der Waals surface area contributed by atoms with Gasteiger partial charge in [-0.15, -0.1) is 0 Å². The van der Waals surface area contributed by atoms with Crippen LogP contribution in [0.4, 0.5) is 0 Å². The van der Waals surface area contributed by atoms with Gasteiger partial charge in [-0.1, -0.05) is 34.8 Å². The van der Waals surface area contributed by atoms with Gasteiger partial charge in [0.1, 0.15) is 0 Å². The van der Waals surface area contributed by atoms with Gasteiger partial charge in [-0.2, -0.15) is 0 Å². The van der Waals surface area contributed by atoms with E-state index in [1.807, 2.05) is 0 Å². The van der Waals surface area contributed by atoms with Crippen LogP contribution in [0.25, 0.3) is 10.9 Å². The number of fused-ring (bicyclic) bond motifs is 1. The maximum atomic E-state index is 11.8. The van der Waals surface area contributed by atoms with Crippen molar-refractivity contribution in [2.24, 2.45) is 0 Å². The van der Waals surface area contributed by atoms with Crippen molar-refractivity contribution in [1.29, 1.82) is 0 Å². The zero-order valence-electron chi connectivity index (χ0n) is 8.05. The highest BCUT2D eigenvalue weighted by Gasteiger charge is 2.13. The quantitative estimate of drug-likeness (QED) is 0.733. The van der Waals surface area contributed by atoms with E-state index in [1.165, 1.54) is 6.07 Å². The van der Waals surface area contributed by atoms with Crippen LogP contribution in [-0.2, 0) is 0 Å². The number of nitrogens with one attached hydrogen (secondary N) is 1. The van der Waals surface area contributed by atoms with E-state index in [1.54, 1.807) is 0 Å². The van der Waals surface area contributed by atoms with Crippen LogP contribution in [-0.4, -0.2) is 10.1 Å². The predicted octanol–water partition coefficient (Wildman–Crippen LogP) is 2.55. The zero-order valence-corrected chi connectivity index (χ0v) is 10.3. The molecule has 0 saturated carbocycles. The lowest BCUT2D eigenvalue weighted by molar-refractivity contribution is 0.471. The van der Waals surface area contributed by atoms with Crippen LogP contribution in [0.5, 0.6) is 5.75 Å². The third-order valence-electron chi connectivity index (χ3n) is 2.15. The molecule has 0 spiro atoms. The van der Waals surface area contributed by atoms with Crippen molar-refractivity contribution in [3.05, 3.63) is 47.8 Å². The van der Waals surface area contributed by atoms with Gasteiger partial charge in [0.05, 0.1) is 26.0 Å². The van der Waals surface area contributed by atoms with Gasteiger partial charge in [-0.3, -0.25) is 9.59 Å². The summed E-state index contributed by atoms with van der Waals surface area (Å²) >= 11 is 17.4. The lowest BCUT2D eigenvalue weighted by Gasteiger charge is -2.01. The molecule has 0 atom stereocenters. The summed E-state index contributed by atoms with van der Waals surface area (Å²) in [6.45, 7) is 0.